The molecule has 6 heteroatoms. The van der Waals surface area contributed by atoms with Crippen molar-refractivity contribution >= 4 is 28.3 Å². The van der Waals surface area contributed by atoms with Crippen LogP contribution in [-0.2, 0) is 16.0 Å². The first-order chi connectivity index (χ1) is 12.3. The number of rotatable bonds is 8. The number of aromatic nitrogens is 1. The highest BCUT2D eigenvalue weighted by Crippen LogP contribution is 2.33. The highest BCUT2D eigenvalue weighted by atomic mass is 32.1. The van der Waals surface area contributed by atoms with Gasteiger partial charge in [-0.25, -0.2) is 4.98 Å². The van der Waals surface area contributed by atoms with Gasteiger partial charge in [-0.2, -0.15) is 0 Å². The maximum atomic E-state index is 12.3. The highest BCUT2D eigenvalue weighted by Gasteiger charge is 2.20. The van der Waals surface area contributed by atoms with Crippen LogP contribution < -0.4 is 5.32 Å². The number of carbonyl (C=O) groups is 2. The van der Waals surface area contributed by atoms with Gasteiger partial charge in [-0.3, -0.25) is 9.59 Å². The first-order valence-corrected chi connectivity index (χ1v) is 9.80. The molecule has 1 amide bonds. The number of carboxylic acids is 1. The minimum atomic E-state index is -0.911. The molecule has 0 unspecified atom stereocenters. The van der Waals surface area contributed by atoms with Crippen LogP contribution in [0.15, 0.2) is 24.3 Å². The molecule has 140 valence electrons. The first-order valence-electron chi connectivity index (χ1n) is 8.98. The number of benzene rings is 1. The van der Waals surface area contributed by atoms with E-state index in [-0.39, 0.29) is 18.2 Å². The fraction of sp³-hybridized carbons (Fsp3) is 0.450. The number of hydrogen-bond donors (Lipinski definition) is 2. The van der Waals surface area contributed by atoms with Crippen LogP contribution in [-0.4, -0.2) is 22.0 Å². The lowest BCUT2D eigenvalue weighted by molar-refractivity contribution is -0.136. The van der Waals surface area contributed by atoms with Gasteiger partial charge in [0.15, 0.2) is 5.13 Å². The molecule has 0 bridgehead atoms. The second-order valence-electron chi connectivity index (χ2n) is 6.64. The number of nitrogens with one attached hydrogen (secondary N) is 1. The number of hydrogen-bond acceptors (Lipinski definition) is 4. The third-order valence-corrected chi connectivity index (χ3v) is 5.42. The summed E-state index contributed by atoms with van der Waals surface area (Å²) in [7, 11) is 0. The zero-order valence-corrected chi connectivity index (χ0v) is 16.5. The van der Waals surface area contributed by atoms with Crippen LogP contribution in [0.1, 0.15) is 56.9 Å². The van der Waals surface area contributed by atoms with Gasteiger partial charge in [0.05, 0.1) is 12.1 Å². The summed E-state index contributed by atoms with van der Waals surface area (Å²) in [5, 5.41) is 12.5. The summed E-state index contributed by atoms with van der Waals surface area (Å²) < 4.78 is 0. The zero-order valence-electron chi connectivity index (χ0n) is 15.7. The largest absolute Gasteiger partial charge is 0.481 e. The number of amides is 1. The monoisotopic (exact) mass is 374 g/mol. The van der Waals surface area contributed by atoms with E-state index in [9.17, 15) is 14.7 Å². The van der Waals surface area contributed by atoms with Crippen molar-refractivity contribution in [3.8, 4) is 11.3 Å². The first kappa shape index (κ1) is 20.1. The quantitative estimate of drug-likeness (QED) is 0.686. The van der Waals surface area contributed by atoms with E-state index in [0.29, 0.717) is 21.6 Å². The lowest BCUT2D eigenvalue weighted by Gasteiger charge is -2.10. The molecule has 1 aromatic heterocycles. The van der Waals surface area contributed by atoms with Gasteiger partial charge in [0, 0.05) is 16.4 Å². The third-order valence-electron chi connectivity index (χ3n) is 4.45. The molecule has 2 N–H and O–H groups in total. The van der Waals surface area contributed by atoms with Crippen LogP contribution in [0.5, 0.6) is 0 Å². The van der Waals surface area contributed by atoms with Gasteiger partial charge >= 0.3 is 5.97 Å². The molecule has 26 heavy (non-hydrogen) atoms. The SMILES string of the molecule is CCC(CC)C(=O)Nc1nc(-c2ccc(C(C)C)cc2)c(CC(=O)O)s1. The van der Waals surface area contributed by atoms with E-state index in [4.69, 9.17) is 0 Å². The van der Waals surface area contributed by atoms with Crippen LogP contribution in [0.25, 0.3) is 11.3 Å². The second kappa shape index (κ2) is 8.94. The van der Waals surface area contributed by atoms with E-state index >= 15 is 0 Å². The van der Waals surface area contributed by atoms with Gasteiger partial charge < -0.3 is 10.4 Å². The topological polar surface area (TPSA) is 79.3 Å². The van der Waals surface area contributed by atoms with E-state index in [1.165, 1.54) is 16.9 Å². The zero-order chi connectivity index (χ0) is 19.3. The van der Waals surface area contributed by atoms with Crippen molar-refractivity contribution in [3.05, 3.63) is 34.7 Å². The van der Waals surface area contributed by atoms with Crippen LogP contribution in [0.4, 0.5) is 5.13 Å². The number of aliphatic carboxylic acids is 1. The number of carbonyl (C=O) groups excluding carboxylic acids is 1. The molecule has 0 aliphatic carbocycles. The van der Waals surface area contributed by atoms with E-state index in [0.717, 1.165) is 18.4 Å². The van der Waals surface area contributed by atoms with Crippen LogP contribution in [0.2, 0.25) is 0 Å². The lowest BCUT2D eigenvalue weighted by Crippen LogP contribution is -2.21. The summed E-state index contributed by atoms with van der Waals surface area (Å²) in [5.74, 6) is -0.609. The molecule has 0 aliphatic rings. The molecule has 1 aromatic carbocycles. The van der Waals surface area contributed by atoms with Crippen molar-refractivity contribution in [3.63, 3.8) is 0 Å². The summed E-state index contributed by atoms with van der Waals surface area (Å²) in [4.78, 5) is 28.7. The summed E-state index contributed by atoms with van der Waals surface area (Å²) in [6.45, 7) is 8.21. The maximum Gasteiger partial charge on any atom is 0.308 e. The Kier molecular flexibility index (Phi) is 6.91. The predicted octanol–water partition coefficient (Wildman–Crippen LogP) is 4.94. The van der Waals surface area contributed by atoms with Crippen LogP contribution in [0, 0.1) is 5.92 Å². The van der Waals surface area contributed by atoms with Crippen molar-refractivity contribution in [2.24, 2.45) is 5.92 Å². The van der Waals surface area contributed by atoms with Crippen LogP contribution in [0.3, 0.4) is 0 Å². The Bertz CT molecular complexity index is 762. The van der Waals surface area contributed by atoms with E-state index in [2.05, 4.69) is 24.1 Å². The van der Waals surface area contributed by atoms with Crippen molar-refractivity contribution in [1.29, 1.82) is 0 Å². The minimum absolute atomic E-state index is 0.0596. The normalized spacial score (nSPS) is 11.2. The summed E-state index contributed by atoms with van der Waals surface area (Å²) >= 11 is 1.24. The van der Waals surface area contributed by atoms with Crippen molar-refractivity contribution < 1.29 is 14.7 Å². The average molecular weight is 375 g/mol. The van der Waals surface area contributed by atoms with E-state index < -0.39 is 5.97 Å². The van der Waals surface area contributed by atoms with Gasteiger partial charge in [0.1, 0.15) is 0 Å². The molecule has 0 saturated carbocycles. The van der Waals surface area contributed by atoms with Gasteiger partial charge in [0.2, 0.25) is 5.91 Å². The number of nitrogens with zero attached hydrogens (tertiary/aromatic N) is 1. The molecule has 0 radical (unpaired) electrons. The number of anilines is 1. The third kappa shape index (κ3) is 4.91. The van der Waals surface area contributed by atoms with Gasteiger partial charge in [-0.1, -0.05) is 52.0 Å². The maximum absolute atomic E-state index is 12.3. The molecule has 1 heterocycles. The molecule has 2 aromatic rings. The second-order valence-corrected chi connectivity index (χ2v) is 7.72. The standard InChI is InChI=1S/C20H26N2O3S/c1-5-13(6-2)19(25)22-20-21-18(16(26-20)11-17(23)24)15-9-7-14(8-10-15)12(3)4/h7-10,12-13H,5-6,11H2,1-4H3,(H,23,24)(H,21,22,25). The Morgan fingerprint density at radius 3 is 2.27 bits per heavy atom. The Morgan fingerprint density at radius 2 is 1.77 bits per heavy atom. The summed E-state index contributed by atoms with van der Waals surface area (Å²) in [6, 6.07) is 7.99. The van der Waals surface area contributed by atoms with Gasteiger partial charge in [-0.05, 0) is 24.3 Å². The smallest absolute Gasteiger partial charge is 0.308 e. The Balaban J connectivity index is 2.33. The molecule has 0 spiro atoms. The number of carboxylic acid groups (broad SMARTS) is 1. The van der Waals surface area contributed by atoms with Crippen molar-refractivity contribution in [1.82, 2.24) is 4.98 Å². The fourth-order valence-electron chi connectivity index (χ4n) is 2.78. The molecule has 2 rings (SSSR count). The highest BCUT2D eigenvalue weighted by molar-refractivity contribution is 7.16. The molecule has 0 fully saturated rings. The molecular formula is C20H26N2O3S. The fourth-order valence-corrected chi connectivity index (χ4v) is 3.76. The van der Waals surface area contributed by atoms with E-state index in [1.54, 1.807) is 0 Å². The van der Waals surface area contributed by atoms with Crippen LogP contribution >= 0.6 is 11.3 Å². The molecule has 5 nitrogen and oxygen atoms in total. The number of thiazole rings is 1. The van der Waals surface area contributed by atoms with E-state index in [1.807, 2.05) is 38.1 Å². The average Bonchev–Trinajstić information content (AvgIpc) is 2.97. The lowest BCUT2D eigenvalue weighted by atomic mass is 10.0. The Hall–Kier alpha value is -2.21. The van der Waals surface area contributed by atoms with Crippen molar-refractivity contribution in [2.45, 2.75) is 52.9 Å². The Labute approximate surface area is 158 Å². The van der Waals surface area contributed by atoms with Crippen molar-refractivity contribution in [2.75, 3.05) is 5.32 Å². The molecular weight excluding hydrogens is 348 g/mol. The molecule has 0 aliphatic heterocycles. The summed E-state index contributed by atoms with van der Waals surface area (Å²) in [5.41, 5.74) is 2.71. The minimum Gasteiger partial charge on any atom is -0.481 e. The predicted molar refractivity (Wildman–Crippen MR) is 106 cm³/mol. The van der Waals surface area contributed by atoms with Gasteiger partial charge in [-0.15, -0.1) is 11.3 Å². The Morgan fingerprint density at radius 1 is 1.15 bits per heavy atom. The van der Waals surface area contributed by atoms with Gasteiger partial charge in [0.25, 0.3) is 0 Å². The molecule has 0 saturated heterocycles. The summed E-state index contributed by atoms with van der Waals surface area (Å²) in [6.07, 6.45) is 1.41. The molecule has 0 atom stereocenters.